The molecule has 2 aromatic carbocycles. The van der Waals surface area contributed by atoms with Crippen molar-refractivity contribution in [1.29, 1.82) is 0 Å². The Morgan fingerprint density at radius 2 is 2.00 bits per heavy atom. The number of hydrogen-bond donors (Lipinski definition) is 4. The molecule has 0 spiro atoms. The number of halogens is 1. The number of carbonyl (C=O) groups is 2. The van der Waals surface area contributed by atoms with Crippen molar-refractivity contribution in [1.82, 2.24) is 20.2 Å². The third-order valence-corrected chi connectivity index (χ3v) is 6.36. The first-order chi connectivity index (χ1) is 17.8. The SMILES string of the molecule is COc1cccc([C@@H](C)NC(=O)CN2Cc3ccc(-c4nc(NC(CO)CO)ncc4Cl)cc3C2=O)c1. The molecule has 0 fully saturated rings. The van der Waals surface area contributed by atoms with E-state index in [9.17, 15) is 19.8 Å². The first-order valence-electron chi connectivity index (χ1n) is 11.7. The molecule has 4 rings (SSSR count). The van der Waals surface area contributed by atoms with Crippen LogP contribution in [0.25, 0.3) is 11.3 Å². The van der Waals surface area contributed by atoms with Crippen LogP contribution in [-0.4, -0.2) is 69.8 Å². The first-order valence-corrected chi connectivity index (χ1v) is 12.1. The van der Waals surface area contributed by atoms with Gasteiger partial charge in [0.1, 0.15) is 12.3 Å². The summed E-state index contributed by atoms with van der Waals surface area (Å²) in [5.74, 6) is 0.356. The van der Waals surface area contributed by atoms with Gasteiger partial charge >= 0.3 is 0 Å². The van der Waals surface area contributed by atoms with E-state index in [2.05, 4.69) is 20.6 Å². The van der Waals surface area contributed by atoms with Gasteiger partial charge in [0.15, 0.2) is 0 Å². The minimum atomic E-state index is -0.623. The molecule has 0 bridgehead atoms. The van der Waals surface area contributed by atoms with Gasteiger partial charge in [0.05, 0.1) is 49.3 Å². The first kappa shape index (κ1) is 26.3. The quantitative estimate of drug-likeness (QED) is 0.317. The van der Waals surface area contributed by atoms with Gasteiger partial charge in [-0.05, 0) is 36.2 Å². The molecule has 0 aliphatic carbocycles. The van der Waals surface area contributed by atoms with Gasteiger partial charge in [-0.1, -0.05) is 35.9 Å². The van der Waals surface area contributed by atoms with E-state index in [0.29, 0.717) is 29.1 Å². The second kappa shape index (κ2) is 11.5. The molecule has 3 aromatic rings. The topological polar surface area (TPSA) is 137 Å². The third kappa shape index (κ3) is 5.99. The number of nitrogens with one attached hydrogen (secondary N) is 2. The Bertz CT molecular complexity index is 1300. The highest BCUT2D eigenvalue weighted by atomic mass is 35.5. The van der Waals surface area contributed by atoms with E-state index in [1.807, 2.05) is 37.3 Å². The molecule has 0 radical (unpaired) electrons. The predicted octanol–water partition coefficient (Wildman–Crippen LogP) is 2.40. The Kier molecular flexibility index (Phi) is 8.22. The molecule has 0 unspecified atom stereocenters. The van der Waals surface area contributed by atoms with E-state index in [1.54, 1.807) is 19.2 Å². The van der Waals surface area contributed by atoms with E-state index < -0.39 is 6.04 Å². The molecule has 2 heterocycles. The molecule has 2 amide bonds. The summed E-state index contributed by atoms with van der Waals surface area (Å²) in [5, 5.41) is 24.6. The average molecular weight is 526 g/mol. The number of anilines is 1. The van der Waals surface area contributed by atoms with Gasteiger partial charge in [-0.25, -0.2) is 9.97 Å². The largest absolute Gasteiger partial charge is 0.497 e. The molecule has 1 atom stereocenters. The highest BCUT2D eigenvalue weighted by Crippen LogP contribution is 2.31. The second-order valence-corrected chi connectivity index (χ2v) is 9.10. The molecule has 0 saturated carbocycles. The number of ether oxygens (including phenoxy) is 1. The minimum Gasteiger partial charge on any atom is -0.497 e. The maximum Gasteiger partial charge on any atom is 0.254 e. The Labute approximate surface area is 219 Å². The fraction of sp³-hybridized carbons (Fsp3) is 0.308. The van der Waals surface area contributed by atoms with Crippen molar-refractivity contribution < 1.29 is 24.5 Å². The van der Waals surface area contributed by atoms with Crippen molar-refractivity contribution in [3.8, 4) is 17.0 Å². The van der Waals surface area contributed by atoms with Gasteiger partial charge in [0, 0.05) is 17.7 Å². The smallest absolute Gasteiger partial charge is 0.254 e. The molecule has 4 N–H and O–H groups in total. The molecule has 1 aromatic heterocycles. The van der Waals surface area contributed by atoms with Crippen molar-refractivity contribution >= 4 is 29.4 Å². The van der Waals surface area contributed by atoms with Crippen LogP contribution >= 0.6 is 11.6 Å². The van der Waals surface area contributed by atoms with Crippen LogP contribution in [0, 0.1) is 0 Å². The standard InChI is InChI=1S/C26H28ClN5O5/c1-15(16-4-3-5-20(8-16)37-2)29-23(35)12-32-11-18-7-6-17(9-21(18)25(32)36)24-22(27)10-28-26(31-24)30-19(13-33)14-34/h3-10,15,19,33-34H,11-14H2,1-2H3,(H,29,35)(H,28,30,31)/t15-/m1/s1. The number of benzene rings is 2. The van der Waals surface area contributed by atoms with Crippen LogP contribution in [0.5, 0.6) is 5.75 Å². The van der Waals surface area contributed by atoms with E-state index in [-0.39, 0.29) is 48.6 Å². The van der Waals surface area contributed by atoms with E-state index in [4.69, 9.17) is 16.3 Å². The van der Waals surface area contributed by atoms with E-state index in [0.717, 1.165) is 11.1 Å². The summed E-state index contributed by atoms with van der Waals surface area (Å²) in [7, 11) is 1.59. The molecule has 194 valence electrons. The molecule has 1 aliphatic rings. The lowest BCUT2D eigenvalue weighted by Gasteiger charge is -2.19. The van der Waals surface area contributed by atoms with Crippen molar-refractivity contribution in [3.05, 3.63) is 70.4 Å². The Hall–Kier alpha value is -3.73. The molecular formula is C26H28ClN5O5. The van der Waals surface area contributed by atoms with Crippen LogP contribution < -0.4 is 15.4 Å². The number of hydrogen-bond acceptors (Lipinski definition) is 8. The number of aromatic nitrogens is 2. The van der Waals surface area contributed by atoms with Gasteiger partial charge in [-0.3, -0.25) is 9.59 Å². The lowest BCUT2D eigenvalue weighted by Crippen LogP contribution is -2.38. The fourth-order valence-corrected chi connectivity index (χ4v) is 4.26. The van der Waals surface area contributed by atoms with Gasteiger partial charge in [0.2, 0.25) is 11.9 Å². The minimum absolute atomic E-state index is 0.0802. The number of aliphatic hydroxyl groups is 2. The summed E-state index contributed by atoms with van der Waals surface area (Å²) < 4.78 is 5.24. The zero-order chi connectivity index (χ0) is 26.5. The van der Waals surface area contributed by atoms with Crippen molar-refractivity contribution in [2.24, 2.45) is 0 Å². The number of methoxy groups -OCH3 is 1. The summed E-state index contributed by atoms with van der Waals surface area (Å²) >= 11 is 6.33. The summed E-state index contributed by atoms with van der Waals surface area (Å²) in [6.07, 6.45) is 1.41. The molecule has 10 nitrogen and oxygen atoms in total. The number of fused-ring (bicyclic) bond motifs is 1. The van der Waals surface area contributed by atoms with Crippen molar-refractivity contribution in [3.63, 3.8) is 0 Å². The zero-order valence-corrected chi connectivity index (χ0v) is 21.2. The fourth-order valence-electron chi connectivity index (χ4n) is 4.06. The van der Waals surface area contributed by atoms with Crippen LogP contribution in [0.3, 0.4) is 0 Å². The highest BCUT2D eigenvalue weighted by molar-refractivity contribution is 6.33. The Morgan fingerprint density at radius 1 is 1.22 bits per heavy atom. The van der Waals surface area contributed by atoms with Gasteiger partial charge in [-0.2, -0.15) is 0 Å². The maximum absolute atomic E-state index is 13.1. The highest BCUT2D eigenvalue weighted by Gasteiger charge is 2.30. The van der Waals surface area contributed by atoms with Gasteiger partial charge in [-0.15, -0.1) is 0 Å². The van der Waals surface area contributed by atoms with E-state index in [1.165, 1.54) is 11.1 Å². The van der Waals surface area contributed by atoms with Crippen LogP contribution in [0.1, 0.15) is 34.5 Å². The van der Waals surface area contributed by atoms with Crippen LogP contribution in [0.15, 0.2) is 48.7 Å². The molecular weight excluding hydrogens is 498 g/mol. The average Bonchev–Trinajstić information content (AvgIpc) is 3.22. The number of rotatable bonds is 10. The lowest BCUT2D eigenvalue weighted by molar-refractivity contribution is -0.122. The number of amides is 2. The maximum atomic E-state index is 13.1. The predicted molar refractivity (Wildman–Crippen MR) is 138 cm³/mol. The van der Waals surface area contributed by atoms with E-state index >= 15 is 0 Å². The zero-order valence-electron chi connectivity index (χ0n) is 20.4. The normalized spacial score (nSPS) is 13.5. The summed E-state index contributed by atoms with van der Waals surface area (Å²) in [5.41, 5.74) is 3.16. The van der Waals surface area contributed by atoms with Gasteiger partial charge in [0.25, 0.3) is 5.91 Å². The third-order valence-electron chi connectivity index (χ3n) is 6.09. The summed E-state index contributed by atoms with van der Waals surface area (Å²) in [6.45, 7) is 1.51. The second-order valence-electron chi connectivity index (χ2n) is 8.70. The Balaban J connectivity index is 1.46. The molecule has 1 aliphatic heterocycles. The molecule has 37 heavy (non-hydrogen) atoms. The number of nitrogens with zero attached hydrogens (tertiary/aromatic N) is 3. The van der Waals surface area contributed by atoms with Crippen LogP contribution in [-0.2, 0) is 11.3 Å². The molecule has 11 heteroatoms. The Morgan fingerprint density at radius 3 is 2.73 bits per heavy atom. The molecule has 0 saturated heterocycles. The van der Waals surface area contributed by atoms with Crippen LogP contribution in [0.2, 0.25) is 5.02 Å². The monoisotopic (exact) mass is 525 g/mol. The van der Waals surface area contributed by atoms with Gasteiger partial charge < -0.3 is 30.5 Å². The van der Waals surface area contributed by atoms with Crippen molar-refractivity contribution in [2.45, 2.75) is 25.6 Å². The lowest BCUT2D eigenvalue weighted by atomic mass is 10.0. The van der Waals surface area contributed by atoms with Crippen LogP contribution in [0.4, 0.5) is 5.95 Å². The number of aliphatic hydroxyl groups excluding tert-OH is 2. The van der Waals surface area contributed by atoms with Crippen molar-refractivity contribution in [2.75, 3.05) is 32.2 Å². The number of carbonyl (C=O) groups excluding carboxylic acids is 2. The summed E-state index contributed by atoms with van der Waals surface area (Å²) in [4.78, 5) is 35.8. The summed E-state index contributed by atoms with van der Waals surface area (Å²) in [6, 6.07) is 11.9.